The molecule has 0 amide bonds. The van der Waals surface area contributed by atoms with Crippen molar-refractivity contribution in [3.05, 3.63) is 99.3 Å². The van der Waals surface area contributed by atoms with Gasteiger partial charge < -0.3 is 0 Å². The predicted octanol–water partition coefficient (Wildman–Crippen LogP) is 5.96. The van der Waals surface area contributed by atoms with Crippen molar-refractivity contribution in [1.82, 2.24) is 9.78 Å². The lowest BCUT2D eigenvalue weighted by Crippen LogP contribution is -2.24. The van der Waals surface area contributed by atoms with Crippen molar-refractivity contribution >= 4 is 22.4 Å². The van der Waals surface area contributed by atoms with E-state index in [1.807, 2.05) is 48.5 Å². The van der Waals surface area contributed by atoms with Crippen molar-refractivity contribution in [2.45, 2.75) is 26.8 Å². The standard InChI is InChI=1S/C25H23ClN2O/c1-17(2)15-18-7-11-20(12-8-18)24-22-5-3-4-6-23(22)25(29)28(27-24)16-19-9-13-21(26)14-10-19/h3-14,17H,15-16H2,1-2H3. The van der Waals surface area contributed by atoms with Crippen LogP contribution in [-0.4, -0.2) is 9.78 Å². The predicted molar refractivity (Wildman–Crippen MR) is 121 cm³/mol. The molecule has 1 aromatic heterocycles. The summed E-state index contributed by atoms with van der Waals surface area (Å²) in [5, 5.41) is 6.98. The zero-order valence-electron chi connectivity index (χ0n) is 16.6. The quantitative estimate of drug-likeness (QED) is 0.412. The maximum atomic E-state index is 13.0. The summed E-state index contributed by atoms with van der Waals surface area (Å²) >= 11 is 5.99. The highest BCUT2D eigenvalue weighted by Gasteiger charge is 2.12. The molecule has 0 aliphatic heterocycles. The summed E-state index contributed by atoms with van der Waals surface area (Å²) in [5.74, 6) is 0.612. The van der Waals surface area contributed by atoms with E-state index >= 15 is 0 Å². The van der Waals surface area contributed by atoms with Gasteiger partial charge in [0.2, 0.25) is 0 Å². The van der Waals surface area contributed by atoms with Crippen molar-refractivity contribution in [3.63, 3.8) is 0 Å². The summed E-state index contributed by atoms with van der Waals surface area (Å²) in [6.07, 6.45) is 1.05. The Balaban J connectivity index is 1.81. The van der Waals surface area contributed by atoms with Crippen LogP contribution in [-0.2, 0) is 13.0 Å². The highest BCUT2D eigenvalue weighted by molar-refractivity contribution is 6.30. The van der Waals surface area contributed by atoms with Crippen molar-refractivity contribution in [1.29, 1.82) is 0 Å². The maximum Gasteiger partial charge on any atom is 0.274 e. The van der Waals surface area contributed by atoms with Gasteiger partial charge in [0.25, 0.3) is 5.56 Å². The molecule has 0 fully saturated rings. The second-order valence-corrected chi connectivity index (χ2v) is 8.21. The molecule has 0 saturated carbocycles. The van der Waals surface area contributed by atoms with Crippen LogP contribution < -0.4 is 5.56 Å². The maximum absolute atomic E-state index is 13.0. The SMILES string of the molecule is CC(C)Cc1ccc(-c2nn(Cc3ccc(Cl)cc3)c(=O)c3ccccc23)cc1. The van der Waals surface area contributed by atoms with Gasteiger partial charge in [0, 0.05) is 16.0 Å². The fourth-order valence-corrected chi connectivity index (χ4v) is 3.71. The Morgan fingerprint density at radius 1 is 0.862 bits per heavy atom. The largest absolute Gasteiger partial charge is 0.274 e. The third-order valence-electron chi connectivity index (χ3n) is 4.98. The average molecular weight is 403 g/mol. The molecule has 29 heavy (non-hydrogen) atoms. The molecular weight excluding hydrogens is 380 g/mol. The lowest BCUT2D eigenvalue weighted by Gasteiger charge is -2.12. The molecule has 3 nitrogen and oxygen atoms in total. The van der Waals surface area contributed by atoms with E-state index in [4.69, 9.17) is 16.7 Å². The van der Waals surface area contributed by atoms with Gasteiger partial charge >= 0.3 is 0 Å². The average Bonchev–Trinajstić information content (AvgIpc) is 2.72. The minimum absolute atomic E-state index is 0.0873. The molecule has 4 heteroatoms. The number of benzene rings is 3. The third kappa shape index (κ3) is 4.25. The summed E-state index contributed by atoms with van der Waals surface area (Å²) in [6.45, 7) is 4.84. The van der Waals surface area contributed by atoms with E-state index in [1.165, 1.54) is 5.56 Å². The van der Waals surface area contributed by atoms with Crippen LogP contribution in [0.3, 0.4) is 0 Å². The van der Waals surface area contributed by atoms with E-state index in [-0.39, 0.29) is 5.56 Å². The van der Waals surface area contributed by atoms with Crippen LogP contribution in [0.25, 0.3) is 22.0 Å². The molecule has 146 valence electrons. The molecule has 1 heterocycles. The number of aromatic nitrogens is 2. The Morgan fingerprint density at radius 3 is 2.14 bits per heavy atom. The number of fused-ring (bicyclic) bond motifs is 1. The number of hydrogen-bond donors (Lipinski definition) is 0. The second kappa shape index (κ2) is 8.22. The van der Waals surface area contributed by atoms with E-state index in [0.717, 1.165) is 28.6 Å². The molecule has 0 aliphatic carbocycles. The minimum atomic E-state index is -0.0873. The molecule has 3 aromatic carbocycles. The zero-order valence-corrected chi connectivity index (χ0v) is 17.4. The number of halogens is 1. The molecular formula is C25H23ClN2O. The highest BCUT2D eigenvalue weighted by Crippen LogP contribution is 2.25. The van der Waals surface area contributed by atoms with E-state index in [0.29, 0.717) is 22.9 Å². The third-order valence-corrected chi connectivity index (χ3v) is 5.24. The van der Waals surface area contributed by atoms with Crippen molar-refractivity contribution in [3.8, 4) is 11.3 Å². The first kappa shape index (κ1) is 19.4. The van der Waals surface area contributed by atoms with Crippen LogP contribution in [0.5, 0.6) is 0 Å². The lowest BCUT2D eigenvalue weighted by atomic mass is 9.99. The van der Waals surface area contributed by atoms with Gasteiger partial charge in [-0.2, -0.15) is 5.10 Å². The van der Waals surface area contributed by atoms with Gasteiger partial charge in [0.15, 0.2) is 0 Å². The molecule has 0 bridgehead atoms. The van der Waals surface area contributed by atoms with Crippen LogP contribution in [0.15, 0.2) is 77.6 Å². The molecule has 0 saturated heterocycles. The van der Waals surface area contributed by atoms with Crippen molar-refractivity contribution in [2.24, 2.45) is 5.92 Å². The first-order valence-electron chi connectivity index (χ1n) is 9.85. The number of nitrogens with zero attached hydrogens (tertiary/aromatic N) is 2. The van der Waals surface area contributed by atoms with E-state index in [1.54, 1.807) is 4.68 Å². The Morgan fingerprint density at radius 2 is 1.48 bits per heavy atom. The fraction of sp³-hybridized carbons (Fsp3) is 0.200. The van der Waals surface area contributed by atoms with E-state index in [2.05, 4.69) is 38.1 Å². The van der Waals surface area contributed by atoms with Crippen LogP contribution >= 0.6 is 11.6 Å². The lowest BCUT2D eigenvalue weighted by molar-refractivity contribution is 0.647. The van der Waals surface area contributed by atoms with Crippen LogP contribution in [0, 0.1) is 5.92 Å². The van der Waals surface area contributed by atoms with Crippen LogP contribution in [0.4, 0.5) is 0 Å². The van der Waals surface area contributed by atoms with E-state index < -0.39 is 0 Å². The van der Waals surface area contributed by atoms with Gasteiger partial charge in [-0.25, -0.2) is 4.68 Å². The first-order valence-corrected chi connectivity index (χ1v) is 10.2. The number of rotatable bonds is 5. The molecule has 4 rings (SSSR count). The van der Waals surface area contributed by atoms with Gasteiger partial charge in [-0.05, 0) is 41.7 Å². The minimum Gasteiger partial charge on any atom is -0.267 e. The van der Waals surface area contributed by atoms with Gasteiger partial charge in [0.05, 0.1) is 17.6 Å². The molecule has 0 aliphatic rings. The monoisotopic (exact) mass is 402 g/mol. The normalized spacial score (nSPS) is 11.3. The van der Waals surface area contributed by atoms with Crippen LogP contribution in [0.2, 0.25) is 5.02 Å². The Hall–Kier alpha value is -2.91. The molecule has 0 N–H and O–H groups in total. The van der Waals surface area contributed by atoms with Crippen molar-refractivity contribution < 1.29 is 0 Å². The topological polar surface area (TPSA) is 34.9 Å². The van der Waals surface area contributed by atoms with Gasteiger partial charge in [-0.15, -0.1) is 0 Å². The molecule has 0 radical (unpaired) electrons. The van der Waals surface area contributed by atoms with Gasteiger partial charge in [0.1, 0.15) is 0 Å². The smallest absolute Gasteiger partial charge is 0.267 e. The summed E-state index contributed by atoms with van der Waals surface area (Å²) in [7, 11) is 0. The second-order valence-electron chi connectivity index (χ2n) is 7.78. The zero-order chi connectivity index (χ0) is 20.4. The Bertz CT molecular complexity index is 1190. The van der Waals surface area contributed by atoms with Crippen molar-refractivity contribution in [2.75, 3.05) is 0 Å². The molecule has 0 unspecified atom stereocenters. The number of hydrogen-bond acceptors (Lipinski definition) is 2. The summed E-state index contributed by atoms with van der Waals surface area (Å²) in [6, 6.07) is 23.7. The van der Waals surface area contributed by atoms with Gasteiger partial charge in [-0.3, -0.25) is 4.79 Å². The Labute approximate surface area is 175 Å². The van der Waals surface area contributed by atoms with E-state index in [9.17, 15) is 4.79 Å². The highest BCUT2D eigenvalue weighted by atomic mass is 35.5. The molecule has 4 aromatic rings. The molecule has 0 spiro atoms. The summed E-state index contributed by atoms with van der Waals surface area (Å²) in [4.78, 5) is 13.0. The van der Waals surface area contributed by atoms with Gasteiger partial charge in [-0.1, -0.05) is 80.0 Å². The summed E-state index contributed by atoms with van der Waals surface area (Å²) < 4.78 is 1.54. The summed E-state index contributed by atoms with van der Waals surface area (Å²) in [5.41, 5.74) is 4.04. The van der Waals surface area contributed by atoms with Crippen LogP contribution in [0.1, 0.15) is 25.0 Å². The fourth-order valence-electron chi connectivity index (χ4n) is 3.59. The first-order chi connectivity index (χ1) is 14.0. The molecule has 0 atom stereocenters. The Kier molecular flexibility index (Phi) is 5.50.